The van der Waals surface area contributed by atoms with Gasteiger partial charge in [0, 0.05) is 0 Å². The first-order chi connectivity index (χ1) is 10.5. The van der Waals surface area contributed by atoms with E-state index in [1.165, 1.54) is 30.4 Å². The third-order valence-electron chi connectivity index (χ3n) is 2.74. The van der Waals surface area contributed by atoms with Crippen LogP contribution in [0.15, 0.2) is 48.5 Å². The van der Waals surface area contributed by atoms with E-state index in [-0.39, 0.29) is 11.3 Å². The molecule has 114 valence electrons. The molecule has 2 aromatic rings. The molecule has 0 heterocycles. The van der Waals surface area contributed by atoms with Crippen LogP contribution < -0.4 is 4.74 Å². The van der Waals surface area contributed by atoms with Crippen molar-refractivity contribution in [2.75, 3.05) is 0 Å². The highest BCUT2D eigenvalue weighted by Crippen LogP contribution is 2.24. The molecule has 0 saturated carbocycles. The molecule has 0 aliphatic carbocycles. The lowest BCUT2D eigenvalue weighted by molar-refractivity contribution is -0.0501. The van der Waals surface area contributed by atoms with E-state index >= 15 is 0 Å². The second-order valence-electron chi connectivity index (χ2n) is 4.25. The summed E-state index contributed by atoms with van der Waals surface area (Å²) in [5.74, 6) is -0.622. The molecule has 0 unspecified atom stereocenters. The number of hydrogen-bond acceptors (Lipinski definition) is 2. The molecular formula is C16H10Cl2F2O2. The number of rotatable bonds is 5. The molecule has 0 radical (unpaired) electrons. The lowest BCUT2D eigenvalue weighted by Crippen LogP contribution is -2.06. The highest BCUT2D eigenvalue weighted by atomic mass is 35.5. The van der Waals surface area contributed by atoms with Crippen LogP contribution in [0.25, 0.3) is 6.08 Å². The minimum absolute atomic E-state index is 0.0547. The van der Waals surface area contributed by atoms with Crippen molar-refractivity contribution in [3.8, 4) is 5.75 Å². The van der Waals surface area contributed by atoms with Crippen LogP contribution in [0.5, 0.6) is 5.75 Å². The summed E-state index contributed by atoms with van der Waals surface area (Å²) >= 11 is 11.7. The highest BCUT2D eigenvalue weighted by molar-refractivity contribution is 6.42. The number of halogens is 4. The van der Waals surface area contributed by atoms with Crippen molar-refractivity contribution in [2.45, 2.75) is 6.61 Å². The molecule has 0 atom stereocenters. The van der Waals surface area contributed by atoms with E-state index in [0.29, 0.717) is 15.6 Å². The lowest BCUT2D eigenvalue weighted by atomic mass is 10.1. The number of carbonyl (C=O) groups is 1. The molecule has 0 fully saturated rings. The molecule has 22 heavy (non-hydrogen) atoms. The van der Waals surface area contributed by atoms with Crippen LogP contribution in [-0.4, -0.2) is 12.4 Å². The zero-order valence-corrected chi connectivity index (χ0v) is 12.6. The fraction of sp³-hybridized carbons (Fsp3) is 0.0625. The third kappa shape index (κ3) is 4.29. The van der Waals surface area contributed by atoms with E-state index < -0.39 is 12.4 Å². The smallest absolute Gasteiger partial charge is 0.387 e. The molecule has 0 amide bonds. The second kappa shape index (κ2) is 7.38. The number of allylic oxidation sites excluding steroid dienone is 1. The first-order valence-corrected chi connectivity index (χ1v) is 6.94. The Morgan fingerprint density at radius 1 is 1.09 bits per heavy atom. The molecule has 0 aromatic heterocycles. The summed E-state index contributed by atoms with van der Waals surface area (Å²) < 4.78 is 29.0. The molecule has 0 aliphatic heterocycles. The summed E-state index contributed by atoms with van der Waals surface area (Å²) in [6.07, 6.45) is 2.77. The maximum atomic E-state index is 12.3. The van der Waals surface area contributed by atoms with Crippen molar-refractivity contribution >= 4 is 35.1 Å². The Kier molecular flexibility index (Phi) is 5.52. The Labute approximate surface area is 135 Å². The zero-order valence-electron chi connectivity index (χ0n) is 11.1. The zero-order chi connectivity index (χ0) is 16.1. The quantitative estimate of drug-likeness (QED) is 0.530. The Bertz CT molecular complexity index is 715. The van der Waals surface area contributed by atoms with Gasteiger partial charge in [-0.3, -0.25) is 4.79 Å². The van der Waals surface area contributed by atoms with E-state index in [1.54, 1.807) is 24.3 Å². The van der Waals surface area contributed by atoms with Crippen molar-refractivity contribution in [1.29, 1.82) is 0 Å². The van der Waals surface area contributed by atoms with Gasteiger partial charge in [-0.15, -0.1) is 0 Å². The largest absolute Gasteiger partial charge is 0.434 e. The van der Waals surface area contributed by atoms with Gasteiger partial charge in [0.25, 0.3) is 0 Å². The van der Waals surface area contributed by atoms with Gasteiger partial charge in [0.05, 0.1) is 15.6 Å². The van der Waals surface area contributed by atoms with Crippen molar-refractivity contribution in [3.05, 3.63) is 69.7 Å². The van der Waals surface area contributed by atoms with Gasteiger partial charge in [0.15, 0.2) is 5.78 Å². The molecule has 2 rings (SSSR count). The summed E-state index contributed by atoms with van der Waals surface area (Å²) in [7, 11) is 0. The van der Waals surface area contributed by atoms with E-state index in [9.17, 15) is 13.6 Å². The van der Waals surface area contributed by atoms with Gasteiger partial charge in [-0.25, -0.2) is 0 Å². The Morgan fingerprint density at radius 2 is 1.82 bits per heavy atom. The molecule has 0 spiro atoms. The van der Waals surface area contributed by atoms with Crippen LogP contribution in [0.2, 0.25) is 10.0 Å². The number of para-hydroxylation sites is 1. The summed E-state index contributed by atoms with van der Waals surface area (Å²) in [6, 6.07) is 10.7. The second-order valence-corrected chi connectivity index (χ2v) is 5.06. The molecular weight excluding hydrogens is 333 g/mol. The summed E-state index contributed by atoms with van der Waals surface area (Å²) in [4.78, 5) is 12.1. The van der Waals surface area contributed by atoms with E-state index in [0.717, 1.165) is 0 Å². The van der Waals surface area contributed by atoms with E-state index in [2.05, 4.69) is 4.74 Å². The highest BCUT2D eigenvalue weighted by Gasteiger charge is 2.13. The van der Waals surface area contributed by atoms with Crippen LogP contribution in [0.4, 0.5) is 8.78 Å². The molecule has 0 bridgehead atoms. The number of ether oxygens (including phenoxy) is 1. The van der Waals surface area contributed by atoms with Crippen LogP contribution in [0.3, 0.4) is 0 Å². The predicted octanol–water partition coefficient (Wildman–Crippen LogP) is 5.49. The van der Waals surface area contributed by atoms with Gasteiger partial charge in [0.2, 0.25) is 0 Å². The fourth-order valence-corrected chi connectivity index (χ4v) is 2.05. The number of alkyl halides is 2. The van der Waals surface area contributed by atoms with Crippen LogP contribution in [-0.2, 0) is 0 Å². The maximum absolute atomic E-state index is 12.3. The molecule has 2 aromatic carbocycles. The lowest BCUT2D eigenvalue weighted by Gasteiger charge is -2.07. The van der Waals surface area contributed by atoms with Crippen LogP contribution in [0, 0.1) is 0 Å². The monoisotopic (exact) mass is 342 g/mol. The van der Waals surface area contributed by atoms with Gasteiger partial charge in [-0.05, 0) is 35.9 Å². The number of ketones is 1. The molecule has 0 saturated heterocycles. The standard InChI is InChI=1S/C16H10Cl2F2O2/c17-12-7-5-10(9-13(12)18)6-8-14(21)11-3-1-2-4-15(11)22-16(19)20/h1-9,16H. The van der Waals surface area contributed by atoms with Crippen LogP contribution in [0.1, 0.15) is 15.9 Å². The van der Waals surface area contributed by atoms with Gasteiger partial charge in [-0.1, -0.05) is 47.5 Å². The summed E-state index contributed by atoms with van der Waals surface area (Å²) in [5, 5.41) is 0.763. The SMILES string of the molecule is O=C(C=Cc1ccc(Cl)c(Cl)c1)c1ccccc1OC(F)F. The van der Waals surface area contributed by atoms with Crippen LogP contribution >= 0.6 is 23.2 Å². The van der Waals surface area contributed by atoms with Crippen molar-refractivity contribution in [2.24, 2.45) is 0 Å². The van der Waals surface area contributed by atoms with Gasteiger partial charge < -0.3 is 4.74 Å². The molecule has 0 N–H and O–H groups in total. The number of hydrogen-bond donors (Lipinski definition) is 0. The first-order valence-electron chi connectivity index (χ1n) is 6.18. The van der Waals surface area contributed by atoms with Gasteiger partial charge >= 0.3 is 6.61 Å². The topological polar surface area (TPSA) is 26.3 Å². The number of benzene rings is 2. The first kappa shape index (κ1) is 16.5. The van der Waals surface area contributed by atoms with Crippen molar-refractivity contribution < 1.29 is 18.3 Å². The average Bonchev–Trinajstić information content (AvgIpc) is 2.48. The Morgan fingerprint density at radius 3 is 2.50 bits per heavy atom. The van der Waals surface area contributed by atoms with E-state index in [4.69, 9.17) is 23.2 Å². The van der Waals surface area contributed by atoms with Crippen molar-refractivity contribution in [1.82, 2.24) is 0 Å². The minimum atomic E-state index is -2.99. The summed E-state index contributed by atoms with van der Waals surface area (Å²) in [5.41, 5.74) is 0.717. The van der Waals surface area contributed by atoms with Crippen molar-refractivity contribution in [3.63, 3.8) is 0 Å². The third-order valence-corrected chi connectivity index (χ3v) is 3.48. The minimum Gasteiger partial charge on any atom is -0.434 e. The Hall–Kier alpha value is -1.91. The molecule has 6 heteroatoms. The predicted molar refractivity (Wildman–Crippen MR) is 82.9 cm³/mol. The Balaban J connectivity index is 2.21. The summed E-state index contributed by atoms with van der Waals surface area (Å²) in [6.45, 7) is -2.99. The molecule has 0 aliphatic rings. The van der Waals surface area contributed by atoms with Gasteiger partial charge in [0.1, 0.15) is 5.75 Å². The average molecular weight is 343 g/mol. The normalized spacial score (nSPS) is 11.1. The number of carbonyl (C=O) groups excluding carboxylic acids is 1. The maximum Gasteiger partial charge on any atom is 0.387 e. The fourth-order valence-electron chi connectivity index (χ4n) is 1.75. The van der Waals surface area contributed by atoms with E-state index in [1.807, 2.05) is 0 Å². The van der Waals surface area contributed by atoms with Gasteiger partial charge in [-0.2, -0.15) is 8.78 Å². The molecule has 2 nitrogen and oxygen atoms in total.